The number of hydrogen-bond acceptors (Lipinski definition) is 2. The Labute approximate surface area is 69.1 Å². The van der Waals surface area contributed by atoms with Crippen molar-refractivity contribution in [2.45, 2.75) is 44.6 Å². The highest BCUT2D eigenvalue weighted by Crippen LogP contribution is 2.20. The monoisotopic (exact) mass is 157 g/mol. The second-order valence-corrected chi connectivity index (χ2v) is 3.27. The zero-order valence-corrected chi connectivity index (χ0v) is 7.22. The van der Waals surface area contributed by atoms with E-state index >= 15 is 0 Å². The summed E-state index contributed by atoms with van der Waals surface area (Å²) in [5, 5.41) is 0. The molecule has 0 atom stereocenters. The molecule has 0 aromatic rings. The summed E-state index contributed by atoms with van der Waals surface area (Å²) in [4.78, 5) is 0. The summed E-state index contributed by atoms with van der Waals surface area (Å²) in [5.41, 5.74) is 5.37. The first kappa shape index (κ1) is 9.01. The van der Waals surface area contributed by atoms with Gasteiger partial charge in [0.2, 0.25) is 0 Å². The minimum Gasteiger partial charge on any atom is -0.378 e. The Balaban J connectivity index is 1.86. The van der Waals surface area contributed by atoms with Gasteiger partial charge in [0.15, 0.2) is 0 Å². The maximum absolute atomic E-state index is 5.65. The van der Waals surface area contributed by atoms with Gasteiger partial charge in [0.05, 0.1) is 6.10 Å². The van der Waals surface area contributed by atoms with Gasteiger partial charge >= 0.3 is 0 Å². The van der Waals surface area contributed by atoms with Crippen LogP contribution in [0.1, 0.15) is 38.5 Å². The van der Waals surface area contributed by atoms with Crippen molar-refractivity contribution < 1.29 is 4.74 Å². The van der Waals surface area contributed by atoms with Gasteiger partial charge in [-0.3, -0.25) is 0 Å². The zero-order valence-electron chi connectivity index (χ0n) is 7.22. The van der Waals surface area contributed by atoms with Crippen molar-refractivity contribution in [1.29, 1.82) is 0 Å². The molecule has 0 aromatic heterocycles. The van der Waals surface area contributed by atoms with E-state index in [1.165, 1.54) is 25.7 Å². The van der Waals surface area contributed by atoms with E-state index in [0.29, 0.717) is 6.10 Å². The molecule has 2 heteroatoms. The first-order valence-corrected chi connectivity index (χ1v) is 4.75. The molecule has 0 saturated heterocycles. The topological polar surface area (TPSA) is 35.2 Å². The van der Waals surface area contributed by atoms with Crippen molar-refractivity contribution in [1.82, 2.24) is 0 Å². The Kier molecular flexibility index (Phi) is 4.55. The van der Waals surface area contributed by atoms with Crippen LogP contribution in [0.25, 0.3) is 0 Å². The summed E-state index contributed by atoms with van der Waals surface area (Å²) in [5.74, 6) is 0. The van der Waals surface area contributed by atoms with Crippen LogP contribution in [0.3, 0.4) is 0 Å². The Morgan fingerprint density at radius 2 is 1.91 bits per heavy atom. The molecule has 0 bridgehead atoms. The predicted octanol–water partition coefficient (Wildman–Crippen LogP) is 1.68. The summed E-state index contributed by atoms with van der Waals surface area (Å²) < 4.78 is 5.65. The normalized spacial score (nSPS) is 19.4. The first-order valence-electron chi connectivity index (χ1n) is 4.75. The third-order valence-electron chi connectivity index (χ3n) is 2.25. The Bertz CT molecular complexity index is 89.6. The minimum atomic E-state index is 0.577. The molecule has 1 aliphatic rings. The number of nitrogens with two attached hydrogens (primary N) is 1. The Morgan fingerprint density at radius 3 is 2.55 bits per heavy atom. The summed E-state index contributed by atoms with van der Waals surface area (Å²) in [6.07, 6.45) is 8.10. The third kappa shape index (κ3) is 3.73. The standard InChI is InChI=1S/C9H19NO/c10-7-3-4-8-11-9-5-1-2-6-9/h9H,1-8,10H2. The van der Waals surface area contributed by atoms with Crippen molar-refractivity contribution in [3.63, 3.8) is 0 Å². The van der Waals surface area contributed by atoms with Gasteiger partial charge < -0.3 is 10.5 Å². The molecule has 11 heavy (non-hydrogen) atoms. The maximum atomic E-state index is 5.65. The average Bonchev–Trinajstić information content (AvgIpc) is 2.50. The predicted molar refractivity (Wildman–Crippen MR) is 46.5 cm³/mol. The highest BCUT2D eigenvalue weighted by atomic mass is 16.5. The number of hydrogen-bond donors (Lipinski definition) is 1. The van der Waals surface area contributed by atoms with Gasteiger partial charge in [-0.1, -0.05) is 12.8 Å². The van der Waals surface area contributed by atoms with Gasteiger partial charge in [-0.15, -0.1) is 0 Å². The van der Waals surface area contributed by atoms with Crippen molar-refractivity contribution in [2.75, 3.05) is 13.2 Å². The minimum absolute atomic E-state index is 0.577. The molecule has 1 saturated carbocycles. The summed E-state index contributed by atoms with van der Waals surface area (Å²) in [6.45, 7) is 1.72. The van der Waals surface area contributed by atoms with Crippen molar-refractivity contribution in [3.8, 4) is 0 Å². The highest BCUT2D eigenvalue weighted by Gasteiger charge is 2.14. The molecule has 66 valence electrons. The average molecular weight is 157 g/mol. The molecule has 2 N–H and O–H groups in total. The van der Waals surface area contributed by atoms with Crippen molar-refractivity contribution >= 4 is 0 Å². The molecule has 0 aliphatic heterocycles. The van der Waals surface area contributed by atoms with Crippen LogP contribution in [0.2, 0.25) is 0 Å². The largest absolute Gasteiger partial charge is 0.378 e. The second kappa shape index (κ2) is 5.56. The summed E-state index contributed by atoms with van der Waals surface area (Å²) >= 11 is 0. The van der Waals surface area contributed by atoms with Gasteiger partial charge in [0.25, 0.3) is 0 Å². The molecule has 0 amide bonds. The van der Waals surface area contributed by atoms with Crippen LogP contribution >= 0.6 is 0 Å². The van der Waals surface area contributed by atoms with Crippen LogP contribution in [0.5, 0.6) is 0 Å². The van der Waals surface area contributed by atoms with Crippen LogP contribution in [-0.2, 0) is 4.74 Å². The quantitative estimate of drug-likeness (QED) is 0.616. The smallest absolute Gasteiger partial charge is 0.0575 e. The van der Waals surface area contributed by atoms with Gasteiger partial charge in [-0.05, 0) is 32.2 Å². The molecule has 1 rings (SSSR count). The lowest BCUT2D eigenvalue weighted by Gasteiger charge is -2.09. The molecule has 0 radical (unpaired) electrons. The van der Waals surface area contributed by atoms with E-state index in [2.05, 4.69) is 0 Å². The van der Waals surface area contributed by atoms with Crippen LogP contribution in [0.15, 0.2) is 0 Å². The lowest BCUT2D eigenvalue weighted by molar-refractivity contribution is 0.0562. The SMILES string of the molecule is NCCCCOC1CCCC1. The fourth-order valence-electron chi connectivity index (χ4n) is 1.55. The molecule has 0 unspecified atom stereocenters. The number of rotatable bonds is 5. The fraction of sp³-hybridized carbons (Fsp3) is 1.00. The van der Waals surface area contributed by atoms with Gasteiger partial charge in [0, 0.05) is 6.61 Å². The number of ether oxygens (including phenoxy) is 1. The van der Waals surface area contributed by atoms with Crippen molar-refractivity contribution in [3.05, 3.63) is 0 Å². The number of unbranched alkanes of at least 4 members (excludes halogenated alkanes) is 1. The van der Waals surface area contributed by atoms with Crippen LogP contribution in [0.4, 0.5) is 0 Å². The molecule has 1 fully saturated rings. The molecule has 2 nitrogen and oxygen atoms in total. The van der Waals surface area contributed by atoms with E-state index in [9.17, 15) is 0 Å². The van der Waals surface area contributed by atoms with E-state index < -0.39 is 0 Å². The van der Waals surface area contributed by atoms with Gasteiger partial charge in [0.1, 0.15) is 0 Å². The molecule has 0 heterocycles. The summed E-state index contributed by atoms with van der Waals surface area (Å²) in [7, 11) is 0. The van der Waals surface area contributed by atoms with E-state index in [1.807, 2.05) is 0 Å². The van der Waals surface area contributed by atoms with E-state index in [-0.39, 0.29) is 0 Å². The van der Waals surface area contributed by atoms with E-state index in [4.69, 9.17) is 10.5 Å². The fourth-order valence-corrected chi connectivity index (χ4v) is 1.55. The molecule has 0 aromatic carbocycles. The van der Waals surface area contributed by atoms with Gasteiger partial charge in [-0.2, -0.15) is 0 Å². The van der Waals surface area contributed by atoms with Crippen molar-refractivity contribution in [2.24, 2.45) is 5.73 Å². The van der Waals surface area contributed by atoms with Crippen LogP contribution < -0.4 is 5.73 Å². The van der Waals surface area contributed by atoms with Crippen LogP contribution in [0, 0.1) is 0 Å². The molecule has 0 spiro atoms. The van der Waals surface area contributed by atoms with Crippen LogP contribution in [-0.4, -0.2) is 19.3 Å². The van der Waals surface area contributed by atoms with Gasteiger partial charge in [-0.25, -0.2) is 0 Å². The zero-order chi connectivity index (χ0) is 7.94. The summed E-state index contributed by atoms with van der Waals surface area (Å²) in [6, 6.07) is 0. The molecule has 1 aliphatic carbocycles. The van der Waals surface area contributed by atoms with E-state index in [1.54, 1.807) is 0 Å². The second-order valence-electron chi connectivity index (χ2n) is 3.27. The highest BCUT2D eigenvalue weighted by molar-refractivity contribution is 4.66. The Hall–Kier alpha value is -0.0800. The lowest BCUT2D eigenvalue weighted by Crippen LogP contribution is -2.09. The third-order valence-corrected chi connectivity index (χ3v) is 2.25. The first-order chi connectivity index (χ1) is 5.43. The Morgan fingerprint density at radius 1 is 1.18 bits per heavy atom. The maximum Gasteiger partial charge on any atom is 0.0575 e. The van der Waals surface area contributed by atoms with E-state index in [0.717, 1.165) is 26.0 Å². The lowest BCUT2D eigenvalue weighted by atomic mass is 10.3. The molecular formula is C9H19NO. The molecular weight excluding hydrogens is 138 g/mol.